The SMILES string of the molecule is C#CCOc1cnc(C(=O)Nc2ccc(F)c([C@]3(C)C[C@](C)([C@@H](O)C(F)(F)F)SC(N)=N3)c2)cn1. The molecule has 3 atom stereocenters. The molecule has 1 amide bonds. The topological polar surface area (TPSA) is 123 Å². The third-order valence-electron chi connectivity index (χ3n) is 5.25. The summed E-state index contributed by atoms with van der Waals surface area (Å²) in [6, 6.07) is 3.56. The Morgan fingerprint density at radius 3 is 2.69 bits per heavy atom. The second kappa shape index (κ2) is 9.71. The molecule has 0 saturated carbocycles. The number of amidine groups is 1. The highest BCUT2D eigenvalue weighted by Crippen LogP contribution is 2.50. The summed E-state index contributed by atoms with van der Waals surface area (Å²) in [4.78, 5) is 24.6. The van der Waals surface area contributed by atoms with E-state index in [1.165, 1.54) is 32.2 Å². The van der Waals surface area contributed by atoms with Crippen molar-refractivity contribution in [3.63, 3.8) is 0 Å². The quantitative estimate of drug-likeness (QED) is 0.402. The Bertz CT molecular complexity index is 1190. The fourth-order valence-corrected chi connectivity index (χ4v) is 5.08. The first-order valence-corrected chi connectivity index (χ1v) is 10.9. The van der Waals surface area contributed by atoms with Crippen molar-refractivity contribution >= 4 is 28.5 Å². The van der Waals surface area contributed by atoms with Gasteiger partial charge >= 0.3 is 6.18 Å². The number of rotatable bonds is 6. The number of ether oxygens (including phenoxy) is 1. The van der Waals surface area contributed by atoms with Crippen molar-refractivity contribution < 1.29 is 32.2 Å². The zero-order chi connectivity index (χ0) is 26.0. The van der Waals surface area contributed by atoms with Crippen LogP contribution >= 0.6 is 11.8 Å². The molecule has 8 nitrogen and oxygen atoms in total. The van der Waals surface area contributed by atoms with Crippen molar-refractivity contribution in [1.82, 2.24) is 9.97 Å². The largest absolute Gasteiger partial charge is 0.463 e. The summed E-state index contributed by atoms with van der Waals surface area (Å²) in [5.41, 5.74) is 4.19. The molecule has 35 heavy (non-hydrogen) atoms. The van der Waals surface area contributed by atoms with E-state index in [-0.39, 0.29) is 41.0 Å². The van der Waals surface area contributed by atoms with Crippen molar-refractivity contribution in [3.05, 3.63) is 47.7 Å². The van der Waals surface area contributed by atoms with E-state index in [1.807, 2.05) is 0 Å². The third kappa shape index (κ3) is 5.83. The van der Waals surface area contributed by atoms with Crippen LogP contribution in [0.25, 0.3) is 0 Å². The standard InChI is InChI=1S/C22H21F4N5O3S/c1-4-7-34-16-10-28-15(9-29-16)17(32)30-12-5-6-14(23)13(8-12)20(2)11-21(3,35-19(27)31-20)18(33)22(24,25)26/h1,5-6,8-10,18,33H,7,11H2,2-3H3,(H2,27,31)(H,30,32)/t18-,20+,21-/m1/s1. The van der Waals surface area contributed by atoms with Gasteiger partial charge in [0.1, 0.15) is 11.5 Å². The summed E-state index contributed by atoms with van der Waals surface area (Å²) < 4.78 is 58.0. The highest BCUT2D eigenvalue weighted by molar-refractivity contribution is 8.15. The van der Waals surface area contributed by atoms with Gasteiger partial charge < -0.3 is 20.9 Å². The molecule has 1 aliphatic rings. The molecular formula is C22H21F4N5O3S. The van der Waals surface area contributed by atoms with E-state index < -0.39 is 34.3 Å². The van der Waals surface area contributed by atoms with E-state index in [4.69, 9.17) is 16.9 Å². The molecule has 0 unspecified atom stereocenters. The van der Waals surface area contributed by atoms with E-state index in [0.717, 1.165) is 12.3 Å². The molecule has 0 spiro atoms. The normalized spacial score (nSPS) is 23.1. The molecule has 2 aromatic rings. The maximum absolute atomic E-state index is 14.9. The number of anilines is 1. The predicted octanol–water partition coefficient (Wildman–Crippen LogP) is 3.23. The molecule has 0 aliphatic carbocycles. The molecule has 4 N–H and O–H groups in total. The van der Waals surface area contributed by atoms with Gasteiger partial charge in [0.2, 0.25) is 5.88 Å². The summed E-state index contributed by atoms with van der Waals surface area (Å²) in [5, 5.41) is 12.3. The van der Waals surface area contributed by atoms with Crippen LogP contribution in [0.5, 0.6) is 5.88 Å². The predicted molar refractivity (Wildman–Crippen MR) is 122 cm³/mol. The molecule has 186 valence electrons. The summed E-state index contributed by atoms with van der Waals surface area (Å²) in [5.74, 6) is 0.928. The minimum Gasteiger partial charge on any atom is -0.463 e. The van der Waals surface area contributed by atoms with Crippen molar-refractivity contribution in [1.29, 1.82) is 0 Å². The van der Waals surface area contributed by atoms with Gasteiger partial charge in [-0.25, -0.2) is 14.4 Å². The maximum Gasteiger partial charge on any atom is 0.415 e. The molecule has 1 aliphatic heterocycles. The highest BCUT2D eigenvalue weighted by Gasteiger charge is 2.56. The number of nitrogens with two attached hydrogens (primary N) is 1. The van der Waals surface area contributed by atoms with Gasteiger partial charge in [0.05, 0.1) is 22.7 Å². The number of carbonyl (C=O) groups excluding carboxylic acids is 1. The summed E-state index contributed by atoms with van der Waals surface area (Å²) in [6.45, 7) is 2.57. The second-order valence-corrected chi connectivity index (χ2v) is 9.70. The lowest BCUT2D eigenvalue weighted by Crippen LogP contribution is -2.53. The van der Waals surface area contributed by atoms with Gasteiger partial charge in [-0.15, -0.1) is 6.42 Å². The number of hydrogen-bond acceptors (Lipinski definition) is 8. The summed E-state index contributed by atoms with van der Waals surface area (Å²) in [6.07, 6.45) is -0.590. The first-order valence-electron chi connectivity index (χ1n) is 10.1. The number of thioether (sulfide) groups is 1. The Labute approximate surface area is 202 Å². The Kier molecular flexibility index (Phi) is 7.28. The molecule has 0 radical (unpaired) electrons. The van der Waals surface area contributed by atoms with E-state index >= 15 is 0 Å². The third-order valence-corrected chi connectivity index (χ3v) is 6.38. The molecule has 13 heteroatoms. The number of aliphatic hydroxyl groups excluding tert-OH is 1. The van der Waals surface area contributed by atoms with Crippen LogP contribution in [-0.2, 0) is 5.54 Å². The number of amides is 1. The zero-order valence-electron chi connectivity index (χ0n) is 18.6. The van der Waals surface area contributed by atoms with Crippen molar-refractivity contribution in [3.8, 4) is 18.2 Å². The Balaban J connectivity index is 1.88. The number of benzene rings is 1. The molecule has 2 heterocycles. The van der Waals surface area contributed by atoms with E-state index in [0.29, 0.717) is 11.8 Å². The minimum absolute atomic E-state index is 0.0259. The van der Waals surface area contributed by atoms with Crippen LogP contribution in [0.2, 0.25) is 0 Å². The van der Waals surface area contributed by atoms with Crippen LogP contribution in [0, 0.1) is 18.2 Å². The number of aromatic nitrogens is 2. The molecule has 0 fully saturated rings. The summed E-state index contributed by atoms with van der Waals surface area (Å²) >= 11 is 0.574. The lowest BCUT2D eigenvalue weighted by atomic mass is 9.80. The average molecular weight is 512 g/mol. The van der Waals surface area contributed by atoms with Gasteiger partial charge in [-0.2, -0.15) is 13.2 Å². The number of nitrogens with one attached hydrogen (secondary N) is 1. The number of nitrogens with zero attached hydrogens (tertiary/aromatic N) is 3. The lowest BCUT2D eigenvalue weighted by molar-refractivity contribution is -0.213. The first kappa shape index (κ1) is 26.2. The van der Waals surface area contributed by atoms with E-state index in [1.54, 1.807) is 0 Å². The fourth-order valence-electron chi connectivity index (χ4n) is 3.75. The van der Waals surface area contributed by atoms with Crippen LogP contribution in [0.15, 0.2) is 35.6 Å². The molecule has 1 aromatic heterocycles. The molecule has 0 saturated heterocycles. The van der Waals surface area contributed by atoms with Crippen LogP contribution in [-0.4, -0.2) is 49.8 Å². The second-order valence-electron chi connectivity index (χ2n) is 8.14. The number of alkyl halides is 3. The Hall–Kier alpha value is -3.37. The van der Waals surface area contributed by atoms with Crippen molar-refractivity contribution in [2.24, 2.45) is 10.7 Å². The Morgan fingerprint density at radius 2 is 2.09 bits per heavy atom. The van der Waals surface area contributed by atoms with Crippen LogP contribution in [0.1, 0.15) is 36.3 Å². The number of aliphatic imine (C=N–C) groups is 1. The number of hydrogen-bond donors (Lipinski definition) is 3. The highest BCUT2D eigenvalue weighted by atomic mass is 32.2. The van der Waals surface area contributed by atoms with Crippen LogP contribution < -0.4 is 15.8 Å². The maximum atomic E-state index is 14.9. The van der Waals surface area contributed by atoms with E-state index in [2.05, 4.69) is 26.2 Å². The van der Waals surface area contributed by atoms with Gasteiger partial charge in [0.15, 0.2) is 17.9 Å². The van der Waals surface area contributed by atoms with Crippen LogP contribution in [0.3, 0.4) is 0 Å². The average Bonchev–Trinajstić information content (AvgIpc) is 2.77. The van der Waals surface area contributed by atoms with Gasteiger partial charge in [0.25, 0.3) is 5.91 Å². The number of carbonyl (C=O) groups is 1. The smallest absolute Gasteiger partial charge is 0.415 e. The van der Waals surface area contributed by atoms with Gasteiger partial charge in [0, 0.05) is 11.3 Å². The summed E-state index contributed by atoms with van der Waals surface area (Å²) in [7, 11) is 0. The molecule has 3 rings (SSSR count). The van der Waals surface area contributed by atoms with Gasteiger partial charge in [-0.3, -0.25) is 9.79 Å². The first-order chi connectivity index (χ1) is 16.3. The number of aliphatic hydroxyl groups is 1. The zero-order valence-corrected chi connectivity index (χ0v) is 19.4. The Morgan fingerprint density at radius 1 is 1.37 bits per heavy atom. The monoisotopic (exact) mass is 511 g/mol. The minimum atomic E-state index is -4.92. The van der Waals surface area contributed by atoms with Crippen LogP contribution in [0.4, 0.5) is 23.2 Å². The van der Waals surface area contributed by atoms with Crippen molar-refractivity contribution in [2.75, 3.05) is 11.9 Å². The van der Waals surface area contributed by atoms with Gasteiger partial charge in [-0.05, 0) is 38.5 Å². The number of terminal acetylenes is 1. The molecule has 0 bridgehead atoms. The number of halogens is 4. The lowest BCUT2D eigenvalue weighted by Gasteiger charge is -2.44. The van der Waals surface area contributed by atoms with Gasteiger partial charge in [-0.1, -0.05) is 17.7 Å². The molecular weight excluding hydrogens is 490 g/mol. The fraction of sp³-hybridized carbons (Fsp3) is 0.364. The van der Waals surface area contributed by atoms with Crippen molar-refractivity contribution in [2.45, 2.75) is 42.8 Å². The molecule has 1 aromatic carbocycles. The van der Waals surface area contributed by atoms with E-state index in [9.17, 15) is 27.5 Å².